The van der Waals surface area contributed by atoms with Crippen molar-refractivity contribution in [3.05, 3.63) is 65.5 Å². The van der Waals surface area contributed by atoms with Gasteiger partial charge in [-0.3, -0.25) is 0 Å². The lowest BCUT2D eigenvalue weighted by Gasteiger charge is -2.16. The summed E-state index contributed by atoms with van der Waals surface area (Å²) in [6.45, 7) is 2.01. The quantitative estimate of drug-likeness (QED) is 0.513. The average Bonchev–Trinajstić information content (AvgIpc) is 2.79. The van der Waals surface area contributed by atoms with E-state index in [0.717, 1.165) is 24.7 Å². The van der Waals surface area contributed by atoms with Crippen molar-refractivity contribution in [2.45, 2.75) is 13.0 Å². The van der Waals surface area contributed by atoms with Crippen LogP contribution in [0.2, 0.25) is 0 Å². The lowest BCUT2D eigenvalue weighted by molar-refractivity contribution is 0.218. The van der Waals surface area contributed by atoms with Gasteiger partial charge in [0.2, 0.25) is 0 Å². The van der Waals surface area contributed by atoms with Crippen LogP contribution < -0.4 is 5.69 Å². The van der Waals surface area contributed by atoms with Crippen LogP contribution in [0.5, 0.6) is 0 Å². The Morgan fingerprint density at radius 2 is 1.86 bits per heavy atom. The Kier molecular flexibility index (Phi) is 3.94. The van der Waals surface area contributed by atoms with Gasteiger partial charge in [-0.15, -0.1) is 0 Å². The number of aromatic nitrogens is 2. The minimum Gasteiger partial charge on any atom is -0.384 e. The molecule has 1 heterocycles. The van der Waals surface area contributed by atoms with E-state index in [4.69, 9.17) is 0 Å². The molecule has 0 radical (unpaired) electrons. The molecule has 0 bridgehead atoms. The molecule has 0 spiro atoms. The molecule has 3 rings (SSSR count). The maximum atomic E-state index is 11.4. The van der Waals surface area contributed by atoms with Gasteiger partial charge < -0.3 is 15.1 Å². The van der Waals surface area contributed by atoms with Crippen LogP contribution in [0, 0.1) is 10.5 Å². The van der Waals surface area contributed by atoms with Gasteiger partial charge in [0.1, 0.15) is 6.10 Å². The Hall–Kier alpha value is -1.12. The molecule has 0 amide bonds. The fourth-order valence-electron chi connectivity index (χ4n) is 2.33. The van der Waals surface area contributed by atoms with Crippen LogP contribution in [-0.4, -0.2) is 15.1 Å². The van der Waals surface area contributed by atoms with Gasteiger partial charge in [0.25, 0.3) is 0 Å². The smallest absolute Gasteiger partial charge is 0.323 e. The van der Waals surface area contributed by atoms with E-state index in [2.05, 4.69) is 48.5 Å². The maximum Gasteiger partial charge on any atom is 0.323 e. The van der Waals surface area contributed by atoms with E-state index in [-0.39, 0.29) is 5.69 Å². The first-order valence-electron chi connectivity index (χ1n) is 6.32. The SMILES string of the molecule is Cc1cccc(C(O)c2cc3[nH]c(=O)[nH]c3cc2Br)c1I. The van der Waals surface area contributed by atoms with Crippen molar-refractivity contribution in [1.29, 1.82) is 0 Å². The van der Waals surface area contributed by atoms with Gasteiger partial charge in [-0.1, -0.05) is 34.1 Å². The second kappa shape index (κ2) is 5.58. The van der Waals surface area contributed by atoms with Gasteiger partial charge in [-0.2, -0.15) is 0 Å². The third-order valence-electron chi connectivity index (χ3n) is 3.44. The van der Waals surface area contributed by atoms with Crippen LogP contribution in [0.4, 0.5) is 0 Å². The molecule has 1 unspecified atom stereocenters. The highest BCUT2D eigenvalue weighted by Crippen LogP contribution is 2.33. The zero-order valence-corrected chi connectivity index (χ0v) is 14.8. The molecule has 1 aromatic heterocycles. The van der Waals surface area contributed by atoms with Crippen LogP contribution in [0.1, 0.15) is 22.8 Å². The number of fused-ring (bicyclic) bond motifs is 1. The largest absolute Gasteiger partial charge is 0.384 e. The molecule has 3 aromatic rings. The zero-order chi connectivity index (χ0) is 15.1. The summed E-state index contributed by atoms with van der Waals surface area (Å²) in [6.07, 6.45) is -0.756. The van der Waals surface area contributed by atoms with Crippen molar-refractivity contribution in [3.63, 3.8) is 0 Å². The summed E-state index contributed by atoms with van der Waals surface area (Å²) in [4.78, 5) is 16.8. The summed E-state index contributed by atoms with van der Waals surface area (Å²) in [5.74, 6) is 0. The van der Waals surface area contributed by atoms with Crippen molar-refractivity contribution in [2.75, 3.05) is 0 Å². The van der Waals surface area contributed by atoms with Crippen LogP contribution in [0.15, 0.2) is 39.6 Å². The van der Waals surface area contributed by atoms with Crippen molar-refractivity contribution < 1.29 is 5.11 Å². The standard InChI is InChI=1S/C15H12BrIN2O2/c1-7-3-2-4-8(13(7)17)14(20)9-5-11-12(6-10(9)16)19-15(21)18-11/h2-6,14,20H,1H3,(H2,18,19,21). The third kappa shape index (κ3) is 2.67. The summed E-state index contributed by atoms with van der Waals surface area (Å²) >= 11 is 5.71. The Labute approximate surface area is 142 Å². The number of imidazole rings is 1. The Morgan fingerprint density at radius 1 is 1.19 bits per heavy atom. The van der Waals surface area contributed by atoms with Crippen LogP contribution in [0.25, 0.3) is 11.0 Å². The molecule has 0 fully saturated rings. The van der Waals surface area contributed by atoms with E-state index in [1.54, 1.807) is 12.1 Å². The summed E-state index contributed by atoms with van der Waals surface area (Å²) in [5.41, 5.74) is 3.84. The lowest BCUT2D eigenvalue weighted by Crippen LogP contribution is -2.04. The fraction of sp³-hybridized carbons (Fsp3) is 0.133. The van der Waals surface area contributed by atoms with E-state index in [1.807, 2.05) is 25.1 Å². The predicted molar refractivity (Wildman–Crippen MR) is 94.6 cm³/mol. The number of aryl methyl sites for hydroxylation is 1. The molecular weight excluding hydrogens is 447 g/mol. The predicted octanol–water partition coefficient (Wildman–Crippen LogP) is 3.61. The number of benzene rings is 2. The topological polar surface area (TPSA) is 68.9 Å². The molecule has 3 N–H and O–H groups in total. The third-order valence-corrected chi connectivity index (χ3v) is 5.60. The van der Waals surface area contributed by atoms with Crippen LogP contribution in [-0.2, 0) is 0 Å². The summed E-state index contributed by atoms with van der Waals surface area (Å²) in [7, 11) is 0. The molecule has 0 aliphatic carbocycles. The molecule has 21 heavy (non-hydrogen) atoms. The molecule has 0 saturated carbocycles. The highest BCUT2D eigenvalue weighted by molar-refractivity contribution is 14.1. The second-order valence-electron chi connectivity index (χ2n) is 4.88. The first-order valence-corrected chi connectivity index (χ1v) is 8.19. The number of halogens is 2. The molecule has 2 aromatic carbocycles. The number of H-pyrrole nitrogens is 2. The fourth-order valence-corrected chi connectivity index (χ4v) is 3.55. The minimum atomic E-state index is -0.756. The molecular formula is C15H12BrIN2O2. The Balaban J connectivity index is 2.16. The van der Waals surface area contributed by atoms with E-state index < -0.39 is 6.10 Å². The maximum absolute atomic E-state index is 11.4. The molecule has 6 heteroatoms. The van der Waals surface area contributed by atoms with Crippen LogP contribution in [0.3, 0.4) is 0 Å². The monoisotopic (exact) mass is 458 g/mol. The van der Waals surface area contributed by atoms with E-state index in [0.29, 0.717) is 11.0 Å². The number of hydrogen-bond donors (Lipinski definition) is 3. The van der Waals surface area contributed by atoms with E-state index in [1.165, 1.54) is 0 Å². The van der Waals surface area contributed by atoms with Crippen molar-refractivity contribution in [3.8, 4) is 0 Å². The van der Waals surface area contributed by atoms with Gasteiger partial charge in [0, 0.05) is 13.6 Å². The van der Waals surface area contributed by atoms with E-state index >= 15 is 0 Å². The van der Waals surface area contributed by atoms with Crippen LogP contribution >= 0.6 is 38.5 Å². The van der Waals surface area contributed by atoms with Crippen molar-refractivity contribution in [2.24, 2.45) is 0 Å². The highest BCUT2D eigenvalue weighted by Gasteiger charge is 2.18. The number of aromatic amines is 2. The minimum absolute atomic E-state index is 0.256. The van der Waals surface area contributed by atoms with Gasteiger partial charge in [0.15, 0.2) is 0 Å². The molecule has 108 valence electrons. The Bertz CT molecular complexity index is 885. The number of nitrogens with one attached hydrogen (secondary N) is 2. The van der Waals surface area contributed by atoms with Gasteiger partial charge in [-0.25, -0.2) is 4.79 Å². The molecule has 0 aliphatic rings. The molecule has 0 saturated heterocycles. The summed E-state index contributed by atoms with van der Waals surface area (Å²) < 4.78 is 1.80. The number of hydrogen-bond acceptors (Lipinski definition) is 2. The van der Waals surface area contributed by atoms with E-state index in [9.17, 15) is 9.90 Å². The van der Waals surface area contributed by atoms with Crippen molar-refractivity contribution in [1.82, 2.24) is 9.97 Å². The first kappa shape index (κ1) is 14.8. The first-order chi connectivity index (χ1) is 9.97. The Morgan fingerprint density at radius 3 is 2.57 bits per heavy atom. The lowest BCUT2D eigenvalue weighted by atomic mass is 9.99. The second-order valence-corrected chi connectivity index (χ2v) is 6.81. The molecule has 1 atom stereocenters. The van der Waals surface area contributed by atoms with Gasteiger partial charge in [-0.05, 0) is 52.8 Å². The number of aliphatic hydroxyl groups excluding tert-OH is 1. The number of rotatable bonds is 2. The van der Waals surface area contributed by atoms with Crippen molar-refractivity contribution >= 4 is 49.6 Å². The molecule has 0 aliphatic heterocycles. The normalized spacial score (nSPS) is 12.8. The highest BCUT2D eigenvalue weighted by atomic mass is 127. The summed E-state index contributed by atoms with van der Waals surface area (Å²) in [6, 6.07) is 9.45. The zero-order valence-electron chi connectivity index (χ0n) is 11.1. The van der Waals surface area contributed by atoms with Gasteiger partial charge in [0.05, 0.1) is 11.0 Å². The van der Waals surface area contributed by atoms with Gasteiger partial charge >= 0.3 is 5.69 Å². The number of aliphatic hydroxyl groups is 1. The molecule has 4 nitrogen and oxygen atoms in total. The summed E-state index contributed by atoms with van der Waals surface area (Å²) in [5, 5.41) is 10.7. The average molecular weight is 459 g/mol.